The zero-order chi connectivity index (χ0) is 13.1. The molecule has 4 nitrogen and oxygen atoms in total. The summed E-state index contributed by atoms with van der Waals surface area (Å²) in [6.45, 7) is 4.49. The first-order chi connectivity index (χ1) is 8.58. The Morgan fingerprint density at radius 1 is 1.11 bits per heavy atom. The van der Waals surface area contributed by atoms with Crippen molar-refractivity contribution < 1.29 is 0 Å². The van der Waals surface area contributed by atoms with Crippen LogP contribution in [0.2, 0.25) is 0 Å². The first-order valence-electron chi connectivity index (χ1n) is 6.53. The van der Waals surface area contributed by atoms with Crippen molar-refractivity contribution in [3.8, 4) is 0 Å². The summed E-state index contributed by atoms with van der Waals surface area (Å²) in [5.41, 5.74) is 1.18. The highest BCUT2D eigenvalue weighted by atomic mass is 15.0. The highest BCUT2D eigenvalue weighted by Crippen LogP contribution is 2.25. The van der Waals surface area contributed by atoms with Crippen LogP contribution in [-0.2, 0) is 14.1 Å². The third-order valence-corrected chi connectivity index (χ3v) is 3.56. The summed E-state index contributed by atoms with van der Waals surface area (Å²) in [6.07, 6.45) is 10.1. The molecule has 0 aliphatic rings. The lowest BCUT2D eigenvalue weighted by molar-refractivity contribution is 0.538. The number of nitrogens with zero attached hydrogens (tertiary/aromatic N) is 4. The normalized spacial score (nSPS) is 14.7. The molecule has 0 aromatic carbocycles. The van der Waals surface area contributed by atoms with E-state index in [-0.39, 0.29) is 0 Å². The van der Waals surface area contributed by atoms with Gasteiger partial charge in [0.15, 0.2) is 0 Å². The average molecular weight is 246 g/mol. The Kier molecular flexibility index (Phi) is 3.84. The SMILES string of the molecule is CC(CCC(C)c1nccn1C)c1cn(C)cn1. The number of rotatable bonds is 5. The molecule has 0 saturated carbocycles. The first-order valence-corrected chi connectivity index (χ1v) is 6.53. The maximum absolute atomic E-state index is 4.42. The number of hydrogen-bond donors (Lipinski definition) is 0. The number of imidazole rings is 2. The van der Waals surface area contributed by atoms with Crippen molar-refractivity contribution in [3.63, 3.8) is 0 Å². The Morgan fingerprint density at radius 3 is 2.39 bits per heavy atom. The van der Waals surface area contributed by atoms with E-state index in [1.54, 1.807) is 0 Å². The van der Waals surface area contributed by atoms with Crippen molar-refractivity contribution in [3.05, 3.63) is 36.4 Å². The van der Waals surface area contributed by atoms with Gasteiger partial charge in [0.2, 0.25) is 0 Å². The van der Waals surface area contributed by atoms with Crippen LogP contribution < -0.4 is 0 Å². The van der Waals surface area contributed by atoms with Crippen molar-refractivity contribution in [2.75, 3.05) is 0 Å². The maximum atomic E-state index is 4.42. The molecule has 2 aromatic rings. The molecule has 0 amide bonds. The van der Waals surface area contributed by atoms with Gasteiger partial charge in [0.25, 0.3) is 0 Å². The minimum atomic E-state index is 0.496. The summed E-state index contributed by atoms with van der Waals surface area (Å²) in [4.78, 5) is 8.83. The fraction of sp³-hybridized carbons (Fsp3) is 0.571. The summed E-state index contributed by atoms with van der Waals surface area (Å²) in [5, 5.41) is 0. The Balaban J connectivity index is 1.90. The highest BCUT2D eigenvalue weighted by molar-refractivity contribution is 5.04. The topological polar surface area (TPSA) is 35.6 Å². The molecule has 2 unspecified atom stereocenters. The first kappa shape index (κ1) is 12.9. The number of hydrogen-bond acceptors (Lipinski definition) is 2. The molecule has 0 radical (unpaired) electrons. The van der Waals surface area contributed by atoms with E-state index in [9.17, 15) is 0 Å². The average Bonchev–Trinajstić information content (AvgIpc) is 2.94. The van der Waals surface area contributed by atoms with E-state index in [4.69, 9.17) is 0 Å². The van der Waals surface area contributed by atoms with Gasteiger partial charge in [0.1, 0.15) is 5.82 Å². The van der Waals surface area contributed by atoms with Crippen molar-refractivity contribution in [1.82, 2.24) is 19.1 Å². The monoisotopic (exact) mass is 246 g/mol. The van der Waals surface area contributed by atoms with Gasteiger partial charge >= 0.3 is 0 Å². The van der Waals surface area contributed by atoms with Gasteiger partial charge in [0, 0.05) is 38.6 Å². The molecule has 2 heterocycles. The van der Waals surface area contributed by atoms with E-state index in [0.29, 0.717) is 11.8 Å². The largest absolute Gasteiger partial charge is 0.340 e. The molecular weight excluding hydrogens is 224 g/mol. The molecule has 0 spiro atoms. The zero-order valence-corrected chi connectivity index (χ0v) is 11.7. The molecule has 18 heavy (non-hydrogen) atoms. The molecule has 0 aliphatic heterocycles. The van der Waals surface area contributed by atoms with E-state index in [2.05, 4.69) is 41.6 Å². The van der Waals surface area contributed by atoms with Gasteiger partial charge in [-0.25, -0.2) is 9.97 Å². The molecule has 2 atom stereocenters. The lowest BCUT2D eigenvalue weighted by atomic mass is 9.96. The standard InChI is InChI=1S/C14H22N4/c1-11(13-9-17(3)10-16-13)5-6-12(2)14-15-7-8-18(14)4/h7-12H,5-6H2,1-4H3. The van der Waals surface area contributed by atoms with Crippen molar-refractivity contribution >= 4 is 0 Å². The Hall–Kier alpha value is -1.58. The lowest BCUT2D eigenvalue weighted by Gasteiger charge is -2.14. The van der Waals surface area contributed by atoms with Gasteiger partial charge < -0.3 is 9.13 Å². The minimum absolute atomic E-state index is 0.496. The number of aromatic nitrogens is 4. The van der Waals surface area contributed by atoms with Crippen LogP contribution in [0.3, 0.4) is 0 Å². The Bertz CT molecular complexity index is 497. The quantitative estimate of drug-likeness (QED) is 0.813. The van der Waals surface area contributed by atoms with Crippen LogP contribution in [0.25, 0.3) is 0 Å². The van der Waals surface area contributed by atoms with Crippen molar-refractivity contribution in [2.45, 2.75) is 38.5 Å². The number of aryl methyl sites for hydroxylation is 2. The summed E-state index contributed by atoms with van der Waals surface area (Å²) < 4.78 is 4.12. The van der Waals surface area contributed by atoms with Crippen LogP contribution >= 0.6 is 0 Å². The minimum Gasteiger partial charge on any atom is -0.340 e. The zero-order valence-electron chi connectivity index (χ0n) is 11.7. The molecule has 0 N–H and O–H groups in total. The van der Waals surface area contributed by atoms with Crippen LogP contribution in [0.1, 0.15) is 50.0 Å². The van der Waals surface area contributed by atoms with Gasteiger partial charge in [-0.2, -0.15) is 0 Å². The molecule has 0 fully saturated rings. The second-order valence-corrected chi connectivity index (χ2v) is 5.24. The van der Waals surface area contributed by atoms with Gasteiger partial charge in [-0.15, -0.1) is 0 Å². The predicted octanol–water partition coefficient (Wildman–Crippen LogP) is 2.84. The third kappa shape index (κ3) is 2.81. The van der Waals surface area contributed by atoms with Crippen LogP contribution in [0.5, 0.6) is 0 Å². The lowest BCUT2D eigenvalue weighted by Crippen LogP contribution is -2.04. The summed E-state index contributed by atoms with van der Waals surface area (Å²) in [7, 11) is 4.07. The fourth-order valence-corrected chi connectivity index (χ4v) is 2.32. The van der Waals surface area contributed by atoms with Crippen LogP contribution in [0.15, 0.2) is 24.9 Å². The Morgan fingerprint density at radius 2 is 1.83 bits per heavy atom. The van der Waals surface area contributed by atoms with Crippen LogP contribution in [-0.4, -0.2) is 19.1 Å². The summed E-state index contributed by atoms with van der Waals surface area (Å²) >= 11 is 0. The summed E-state index contributed by atoms with van der Waals surface area (Å²) in [5.74, 6) is 2.17. The van der Waals surface area contributed by atoms with E-state index >= 15 is 0 Å². The van der Waals surface area contributed by atoms with Gasteiger partial charge in [-0.05, 0) is 18.8 Å². The van der Waals surface area contributed by atoms with E-state index in [1.165, 1.54) is 11.5 Å². The van der Waals surface area contributed by atoms with E-state index in [0.717, 1.165) is 12.8 Å². The van der Waals surface area contributed by atoms with Gasteiger partial charge in [-0.3, -0.25) is 0 Å². The smallest absolute Gasteiger partial charge is 0.111 e. The highest BCUT2D eigenvalue weighted by Gasteiger charge is 2.14. The van der Waals surface area contributed by atoms with Crippen molar-refractivity contribution in [2.24, 2.45) is 14.1 Å². The molecule has 2 rings (SSSR count). The third-order valence-electron chi connectivity index (χ3n) is 3.56. The Labute approximate surface area is 109 Å². The second kappa shape index (κ2) is 5.38. The van der Waals surface area contributed by atoms with Crippen molar-refractivity contribution in [1.29, 1.82) is 0 Å². The maximum Gasteiger partial charge on any atom is 0.111 e. The van der Waals surface area contributed by atoms with Crippen LogP contribution in [0.4, 0.5) is 0 Å². The molecule has 4 heteroatoms. The van der Waals surface area contributed by atoms with E-state index < -0.39 is 0 Å². The second-order valence-electron chi connectivity index (χ2n) is 5.24. The van der Waals surface area contributed by atoms with E-state index in [1.807, 2.05) is 30.3 Å². The van der Waals surface area contributed by atoms with Gasteiger partial charge in [-0.1, -0.05) is 13.8 Å². The molecule has 98 valence electrons. The molecule has 0 aliphatic carbocycles. The molecular formula is C14H22N4. The molecule has 2 aromatic heterocycles. The summed E-state index contributed by atoms with van der Waals surface area (Å²) in [6, 6.07) is 0. The fourth-order valence-electron chi connectivity index (χ4n) is 2.32. The van der Waals surface area contributed by atoms with Gasteiger partial charge in [0.05, 0.1) is 12.0 Å². The molecule has 0 bridgehead atoms. The van der Waals surface area contributed by atoms with Crippen LogP contribution in [0, 0.1) is 0 Å². The molecule has 0 saturated heterocycles. The predicted molar refractivity (Wildman–Crippen MR) is 72.5 cm³/mol.